The lowest BCUT2D eigenvalue weighted by Crippen LogP contribution is -2.47. The van der Waals surface area contributed by atoms with E-state index >= 15 is 0 Å². The minimum Gasteiger partial charge on any atom is -0.469 e. The third-order valence-electron chi connectivity index (χ3n) is 3.65. The van der Waals surface area contributed by atoms with Crippen LogP contribution < -0.4 is 0 Å². The fourth-order valence-corrected chi connectivity index (χ4v) is 2.47. The van der Waals surface area contributed by atoms with Gasteiger partial charge in [0.2, 0.25) is 0 Å². The Morgan fingerprint density at radius 1 is 1.38 bits per heavy atom. The van der Waals surface area contributed by atoms with E-state index in [1.807, 2.05) is 0 Å². The average molecular weight is 227 g/mol. The summed E-state index contributed by atoms with van der Waals surface area (Å²) in [6, 6.07) is 0. The molecule has 0 atom stereocenters. The van der Waals surface area contributed by atoms with Gasteiger partial charge in [-0.1, -0.05) is 26.2 Å². The molecule has 0 bridgehead atoms. The molecule has 0 aromatic carbocycles. The lowest BCUT2D eigenvalue weighted by molar-refractivity contribution is -0.159. The van der Waals surface area contributed by atoms with E-state index in [0.717, 1.165) is 32.4 Å². The highest BCUT2D eigenvalue weighted by atomic mass is 16.5. The van der Waals surface area contributed by atoms with Crippen molar-refractivity contribution in [2.75, 3.05) is 27.2 Å². The third kappa shape index (κ3) is 3.21. The SMILES string of the molecule is CCCCCN(C)CC1(C(=O)OC)CCC1. The van der Waals surface area contributed by atoms with Gasteiger partial charge < -0.3 is 9.64 Å². The number of nitrogens with zero attached hydrogens (tertiary/aromatic N) is 1. The maximum Gasteiger partial charge on any atom is 0.313 e. The molecule has 0 unspecified atom stereocenters. The Morgan fingerprint density at radius 3 is 2.50 bits per heavy atom. The number of hydrogen-bond acceptors (Lipinski definition) is 3. The van der Waals surface area contributed by atoms with Gasteiger partial charge in [-0.15, -0.1) is 0 Å². The number of esters is 1. The number of ether oxygens (including phenoxy) is 1. The number of carbonyl (C=O) groups is 1. The topological polar surface area (TPSA) is 29.5 Å². The van der Waals surface area contributed by atoms with Gasteiger partial charge in [-0.3, -0.25) is 4.79 Å². The second kappa shape index (κ2) is 6.24. The second-order valence-corrected chi connectivity index (χ2v) is 5.07. The number of rotatable bonds is 7. The van der Waals surface area contributed by atoms with Crippen LogP contribution in [0.4, 0.5) is 0 Å². The maximum atomic E-state index is 11.7. The van der Waals surface area contributed by atoms with Crippen molar-refractivity contribution in [2.45, 2.75) is 45.4 Å². The van der Waals surface area contributed by atoms with Crippen LogP contribution in [-0.4, -0.2) is 38.1 Å². The highest BCUT2D eigenvalue weighted by Gasteiger charge is 2.45. The average Bonchev–Trinajstić information content (AvgIpc) is 2.23. The fourth-order valence-electron chi connectivity index (χ4n) is 2.47. The summed E-state index contributed by atoms with van der Waals surface area (Å²) in [6.07, 6.45) is 6.91. The molecule has 1 rings (SSSR count). The molecule has 0 aromatic rings. The summed E-state index contributed by atoms with van der Waals surface area (Å²) >= 11 is 0. The predicted molar refractivity (Wildman–Crippen MR) is 65.3 cm³/mol. The predicted octanol–water partition coefficient (Wildman–Crippen LogP) is 2.45. The normalized spacial score (nSPS) is 18.2. The summed E-state index contributed by atoms with van der Waals surface area (Å²) in [4.78, 5) is 14.0. The van der Waals surface area contributed by atoms with E-state index in [9.17, 15) is 4.79 Å². The van der Waals surface area contributed by atoms with Crippen molar-refractivity contribution < 1.29 is 9.53 Å². The molecule has 0 N–H and O–H groups in total. The highest BCUT2D eigenvalue weighted by Crippen LogP contribution is 2.42. The first-order chi connectivity index (χ1) is 7.64. The van der Waals surface area contributed by atoms with E-state index in [4.69, 9.17) is 4.74 Å². The zero-order chi connectivity index (χ0) is 12.0. The quantitative estimate of drug-likeness (QED) is 0.494. The van der Waals surface area contributed by atoms with Crippen molar-refractivity contribution in [3.05, 3.63) is 0 Å². The third-order valence-corrected chi connectivity index (χ3v) is 3.65. The molecule has 16 heavy (non-hydrogen) atoms. The van der Waals surface area contributed by atoms with E-state index in [1.54, 1.807) is 0 Å². The van der Waals surface area contributed by atoms with Gasteiger partial charge in [-0.2, -0.15) is 0 Å². The Balaban J connectivity index is 2.35. The molecule has 0 aliphatic heterocycles. The molecular formula is C13H25NO2. The van der Waals surface area contributed by atoms with Crippen LogP contribution in [0.5, 0.6) is 0 Å². The second-order valence-electron chi connectivity index (χ2n) is 5.07. The molecule has 0 amide bonds. The smallest absolute Gasteiger partial charge is 0.313 e. The van der Waals surface area contributed by atoms with Crippen LogP contribution in [0.3, 0.4) is 0 Å². The van der Waals surface area contributed by atoms with Crippen LogP contribution >= 0.6 is 0 Å². The van der Waals surface area contributed by atoms with E-state index in [-0.39, 0.29) is 11.4 Å². The summed E-state index contributed by atoms with van der Waals surface area (Å²) in [7, 11) is 3.61. The minimum absolute atomic E-state index is 0.0129. The molecule has 1 saturated carbocycles. The molecular weight excluding hydrogens is 202 g/mol. The standard InChI is InChI=1S/C13H25NO2/c1-4-5-6-10-14(2)11-13(8-7-9-13)12(15)16-3/h4-11H2,1-3H3. The summed E-state index contributed by atoms with van der Waals surface area (Å²) in [5.41, 5.74) is -0.185. The molecule has 0 spiro atoms. The van der Waals surface area contributed by atoms with Gasteiger partial charge in [-0.05, 0) is 32.9 Å². The highest BCUT2D eigenvalue weighted by molar-refractivity contribution is 5.78. The molecule has 0 saturated heterocycles. The first-order valence-corrected chi connectivity index (χ1v) is 6.41. The van der Waals surface area contributed by atoms with Crippen molar-refractivity contribution in [3.8, 4) is 0 Å². The summed E-state index contributed by atoms with van der Waals surface area (Å²) in [5, 5.41) is 0. The molecule has 1 aliphatic carbocycles. The van der Waals surface area contributed by atoms with Gasteiger partial charge in [0.1, 0.15) is 0 Å². The Bertz CT molecular complexity index is 224. The van der Waals surface area contributed by atoms with Crippen LogP contribution in [-0.2, 0) is 9.53 Å². The van der Waals surface area contributed by atoms with Gasteiger partial charge in [0.15, 0.2) is 0 Å². The van der Waals surface area contributed by atoms with Gasteiger partial charge >= 0.3 is 5.97 Å². The van der Waals surface area contributed by atoms with Crippen LogP contribution in [0.25, 0.3) is 0 Å². The number of hydrogen-bond donors (Lipinski definition) is 0. The lowest BCUT2D eigenvalue weighted by atomic mass is 9.68. The van der Waals surface area contributed by atoms with E-state index in [1.165, 1.54) is 26.4 Å². The number of unbranched alkanes of at least 4 members (excludes halogenated alkanes) is 2. The molecule has 0 aromatic heterocycles. The fraction of sp³-hybridized carbons (Fsp3) is 0.923. The number of carbonyl (C=O) groups excluding carboxylic acids is 1. The van der Waals surface area contributed by atoms with E-state index in [2.05, 4.69) is 18.9 Å². The Labute approximate surface area is 99.1 Å². The van der Waals surface area contributed by atoms with Crippen molar-refractivity contribution >= 4 is 5.97 Å². The molecule has 3 nitrogen and oxygen atoms in total. The molecule has 3 heteroatoms. The van der Waals surface area contributed by atoms with E-state index in [0.29, 0.717) is 0 Å². The van der Waals surface area contributed by atoms with Crippen molar-refractivity contribution in [3.63, 3.8) is 0 Å². The first-order valence-electron chi connectivity index (χ1n) is 6.41. The Kier molecular flexibility index (Phi) is 5.26. The van der Waals surface area contributed by atoms with Crippen LogP contribution in [0.2, 0.25) is 0 Å². The molecule has 1 aliphatic rings. The number of methoxy groups -OCH3 is 1. The Hall–Kier alpha value is -0.570. The zero-order valence-electron chi connectivity index (χ0n) is 10.9. The van der Waals surface area contributed by atoms with Gasteiger partial charge in [0.05, 0.1) is 12.5 Å². The first kappa shape index (κ1) is 13.5. The monoisotopic (exact) mass is 227 g/mol. The molecule has 94 valence electrons. The van der Waals surface area contributed by atoms with Crippen molar-refractivity contribution in [1.82, 2.24) is 4.90 Å². The van der Waals surface area contributed by atoms with Crippen molar-refractivity contribution in [2.24, 2.45) is 5.41 Å². The summed E-state index contributed by atoms with van der Waals surface area (Å²) < 4.78 is 4.92. The van der Waals surface area contributed by atoms with Crippen LogP contribution in [0.15, 0.2) is 0 Å². The van der Waals surface area contributed by atoms with Gasteiger partial charge in [0.25, 0.3) is 0 Å². The summed E-state index contributed by atoms with van der Waals surface area (Å²) in [5.74, 6) is -0.0129. The van der Waals surface area contributed by atoms with E-state index < -0.39 is 0 Å². The lowest BCUT2D eigenvalue weighted by Gasteiger charge is -2.41. The molecule has 0 radical (unpaired) electrons. The maximum absolute atomic E-state index is 11.7. The van der Waals surface area contributed by atoms with Gasteiger partial charge in [0, 0.05) is 6.54 Å². The van der Waals surface area contributed by atoms with Crippen molar-refractivity contribution in [1.29, 1.82) is 0 Å². The van der Waals surface area contributed by atoms with Crippen LogP contribution in [0, 0.1) is 5.41 Å². The minimum atomic E-state index is -0.185. The molecule has 0 heterocycles. The van der Waals surface area contributed by atoms with Crippen LogP contribution in [0.1, 0.15) is 45.4 Å². The summed E-state index contributed by atoms with van der Waals surface area (Å²) in [6.45, 7) is 4.16. The molecule has 1 fully saturated rings. The Morgan fingerprint density at radius 2 is 2.06 bits per heavy atom. The van der Waals surface area contributed by atoms with Gasteiger partial charge in [-0.25, -0.2) is 0 Å². The zero-order valence-corrected chi connectivity index (χ0v) is 10.9. The largest absolute Gasteiger partial charge is 0.469 e.